The summed E-state index contributed by atoms with van der Waals surface area (Å²) in [5.74, 6) is -1.70. The molecule has 0 saturated heterocycles. The third-order valence-electron chi connectivity index (χ3n) is 4.23. The molecule has 0 saturated carbocycles. The van der Waals surface area contributed by atoms with Crippen molar-refractivity contribution in [3.8, 4) is 0 Å². The van der Waals surface area contributed by atoms with Crippen LogP contribution in [0.3, 0.4) is 0 Å². The highest BCUT2D eigenvalue weighted by atomic mass is 19.1. The number of hydrogen-bond acceptors (Lipinski definition) is 2. The number of aliphatic hydroxyl groups is 1. The van der Waals surface area contributed by atoms with Gasteiger partial charge in [0, 0.05) is 18.5 Å². The van der Waals surface area contributed by atoms with Gasteiger partial charge in [-0.05, 0) is 41.1 Å². The molecule has 0 aromatic heterocycles. The molecule has 0 heterocycles. The van der Waals surface area contributed by atoms with E-state index in [4.69, 9.17) is 0 Å². The van der Waals surface area contributed by atoms with Gasteiger partial charge in [-0.3, -0.25) is 0 Å². The standard InChI is InChI=1S/C20H19F2NO/c1-23-12-19(20(24)16-9-17(21)11-18(22)10-16)15-7-6-13-4-2-3-5-14(13)8-15/h2-11,19-20,23-24H,12H2,1H3/t19-,20+/m0/s1. The predicted octanol–water partition coefficient (Wildman–Crippen LogP) is 4.15. The number of likely N-dealkylation sites (N-methyl/N-ethyl adjacent to an activating group) is 1. The van der Waals surface area contributed by atoms with Crippen molar-refractivity contribution in [2.75, 3.05) is 13.6 Å². The lowest BCUT2D eigenvalue weighted by Gasteiger charge is -2.24. The van der Waals surface area contributed by atoms with Gasteiger partial charge in [-0.15, -0.1) is 0 Å². The molecule has 2 nitrogen and oxygen atoms in total. The van der Waals surface area contributed by atoms with Gasteiger partial charge < -0.3 is 10.4 Å². The second-order valence-electron chi connectivity index (χ2n) is 5.92. The van der Waals surface area contributed by atoms with Gasteiger partial charge in [0.05, 0.1) is 6.10 Å². The lowest BCUT2D eigenvalue weighted by molar-refractivity contribution is 0.143. The van der Waals surface area contributed by atoms with Crippen LogP contribution in [0.5, 0.6) is 0 Å². The van der Waals surface area contributed by atoms with Crippen LogP contribution < -0.4 is 5.32 Å². The van der Waals surface area contributed by atoms with Gasteiger partial charge in [0.1, 0.15) is 11.6 Å². The molecule has 0 amide bonds. The molecule has 0 spiro atoms. The molecule has 0 bridgehead atoms. The van der Waals surface area contributed by atoms with Crippen molar-refractivity contribution in [1.82, 2.24) is 5.32 Å². The lowest BCUT2D eigenvalue weighted by Crippen LogP contribution is -2.23. The van der Waals surface area contributed by atoms with Crippen LogP contribution in [0.1, 0.15) is 23.1 Å². The minimum atomic E-state index is -1.01. The van der Waals surface area contributed by atoms with Gasteiger partial charge >= 0.3 is 0 Å². The Bertz CT molecular complexity index is 830. The fourth-order valence-corrected chi connectivity index (χ4v) is 3.05. The molecule has 124 valence electrons. The first-order chi connectivity index (χ1) is 11.6. The summed E-state index contributed by atoms with van der Waals surface area (Å²) in [5.41, 5.74) is 1.15. The van der Waals surface area contributed by atoms with Crippen molar-refractivity contribution in [1.29, 1.82) is 0 Å². The first-order valence-electron chi connectivity index (χ1n) is 7.86. The topological polar surface area (TPSA) is 32.3 Å². The summed E-state index contributed by atoms with van der Waals surface area (Å²) < 4.78 is 27.0. The zero-order valence-electron chi connectivity index (χ0n) is 13.3. The Morgan fingerprint density at radius 3 is 2.21 bits per heavy atom. The highest BCUT2D eigenvalue weighted by molar-refractivity contribution is 5.83. The summed E-state index contributed by atoms with van der Waals surface area (Å²) in [7, 11) is 1.78. The molecule has 0 aliphatic heterocycles. The van der Waals surface area contributed by atoms with Crippen LogP contribution >= 0.6 is 0 Å². The molecule has 3 aromatic rings. The maximum Gasteiger partial charge on any atom is 0.126 e. The molecular formula is C20H19F2NO. The third kappa shape index (κ3) is 3.45. The minimum Gasteiger partial charge on any atom is -0.388 e. The van der Waals surface area contributed by atoms with E-state index in [0.29, 0.717) is 6.54 Å². The third-order valence-corrected chi connectivity index (χ3v) is 4.23. The molecule has 0 fully saturated rings. The zero-order chi connectivity index (χ0) is 17.1. The van der Waals surface area contributed by atoms with Gasteiger partial charge in [-0.2, -0.15) is 0 Å². The van der Waals surface area contributed by atoms with Crippen LogP contribution in [0, 0.1) is 11.6 Å². The van der Waals surface area contributed by atoms with E-state index in [1.165, 1.54) is 12.1 Å². The van der Waals surface area contributed by atoms with E-state index in [9.17, 15) is 13.9 Å². The summed E-state index contributed by atoms with van der Waals surface area (Å²) in [5, 5.41) is 15.9. The number of rotatable bonds is 5. The molecule has 4 heteroatoms. The Hall–Kier alpha value is -2.30. The average Bonchev–Trinajstić information content (AvgIpc) is 2.58. The van der Waals surface area contributed by atoms with Crippen molar-refractivity contribution in [2.24, 2.45) is 0 Å². The molecule has 0 unspecified atom stereocenters. The number of nitrogens with one attached hydrogen (secondary N) is 1. The first kappa shape index (κ1) is 16.6. The van der Waals surface area contributed by atoms with Crippen LogP contribution in [0.2, 0.25) is 0 Å². The Balaban J connectivity index is 2.00. The maximum atomic E-state index is 13.5. The molecule has 24 heavy (non-hydrogen) atoms. The number of aliphatic hydroxyl groups excluding tert-OH is 1. The Morgan fingerprint density at radius 1 is 0.875 bits per heavy atom. The van der Waals surface area contributed by atoms with Crippen molar-refractivity contribution >= 4 is 10.8 Å². The molecular weight excluding hydrogens is 308 g/mol. The zero-order valence-corrected chi connectivity index (χ0v) is 13.3. The van der Waals surface area contributed by atoms with E-state index in [0.717, 1.165) is 22.4 Å². The number of halogens is 2. The van der Waals surface area contributed by atoms with E-state index in [2.05, 4.69) is 5.32 Å². The highest BCUT2D eigenvalue weighted by Crippen LogP contribution is 2.32. The predicted molar refractivity (Wildman–Crippen MR) is 91.9 cm³/mol. The van der Waals surface area contributed by atoms with E-state index in [1.807, 2.05) is 42.5 Å². The van der Waals surface area contributed by atoms with Gasteiger partial charge in [-0.25, -0.2) is 8.78 Å². The van der Waals surface area contributed by atoms with Crippen LogP contribution in [-0.2, 0) is 0 Å². The molecule has 0 radical (unpaired) electrons. The van der Waals surface area contributed by atoms with E-state index in [1.54, 1.807) is 7.05 Å². The van der Waals surface area contributed by atoms with Crippen molar-refractivity contribution in [3.63, 3.8) is 0 Å². The minimum absolute atomic E-state index is 0.237. The van der Waals surface area contributed by atoms with Gasteiger partial charge in [0.2, 0.25) is 0 Å². The largest absolute Gasteiger partial charge is 0.388 e. The molecule has 0 aliphatic carbocycles. The van der Waals surface area contributed by atoms with E-state index in [-0.39, 0.29) is 11.5 Å². The summed E-state index contributed by atoms with van der Waals surface area (Å²) >= 11 is 0. The summed E-state index contributed by atoms with van der Waals surface area (Å²) in [4.78, 5) is 0. The van der Waals surface area contributed by atoms with Crippen LogP contribution in [-0.4, -0.2) is 18.7 Å². The monoisotopic (exact) mass is 327 g/mol. The first-order valence-corrected chi connectivity index (χ1v) is 7.86. The highest BCUT2D eigenvalue weighted by Gasteiger charge is 2.23. The van der Waals surface area contributed by atoms with Crippen molar-refractivity contribution in [2.45, 2.75) is 12.0 Å². The molecule has 2 N–H and O–H groups in total. The number of hydrogen-bond donors (Lipinski definition) is 2. The van der Waals surface area contributed by atoms with Crippen LogP contribution in [0.4, 0.5) is 8.78 Å². The lowest BCUT2D eigenvalue weighted by atomic mass is 9.88. The maximum absolute atomic E-state index is 13.5. The second kappa shape index (κ2) is 7.07. The fraction of sp³-hybridized carbons (Fsp3) is 0.200. The van der Waals surface area contributed by atoms with Crippen LogP contribution in [0.25, 0.3) is 10.8 Å². The second-order valence-corrected chi connectivity index (χ2v) is 5.92. The smallest absolute Gasteiger partial charge is 0.126 e. The number of benzene rings is 3. The summed E-state index contributed by atoms with van der Waals surface area (Å²) in [6.45, 7) is 0.484. The van der Waals surface area contributed by atoms with E-state index < -0.39 is 17.7 Å². The summed E-state index contributed by atoms with van der Waals surface area (Å²) in [6, 6.07) is 17.1. The Morgan fingerprint density at radius 2 is 1.54 bits per heavy atom. The Labute approximate surface area is 139 Å². The molecule has 3 rings (SSSR count). The average molecular weight is 327 g/mol. The Kier molecular flexibility index (Phi) is 4.88. The van der Waals surface area contributed by atoms with E-state index >= 15 is 0 Å². The number of fused-ring (bicyclic) bond motifs is 1. The van der Waals surface area contributed by atoms with Crippen molar-refractivity contribution in [3.05, 3.63) is 83.4 Å². The van der Waals surface area contributed by atoms with Gasteiger partial charge in [-0.1, -0.05) is 42.5 Å². The quantitative estimate of drug-likeness (QED) is 0.738. The van der Waals surface area contributed by atoms with Gasteiger partial charge in [0.15, 0.2) is 0 Å². The van der Waals surface area contributed by atoms with Gasteiger partial charge in [0.25, 0.3) is 0 Å². The van der Waals surface area contributed by atoms with Crippen molar-refractivity contribution < 1.29 is 13.9 Å². The fourth-order valence-electron chi connectivity index (χ4n) is 3.05. The normalized spacial score (nSPS) is 13.8. The summed E-state index contributed by atoms with van der Waals surface area (Å²) in [6.07, 6.45) is -1.01. The van der Waals surface area contributed by atoms with Crippen LogP contribution in [0.15, 0.2) is 60.7 Å². The molecule has 3 aromatic carbocycles. The SMILES string of the molecule is CNC[C@@H](c1ccc2ccccc2c1)[C@H](O)c1cc(F)cc(F)c1. The molecule has 2 atom stereocenters. The molecule has 0 aliphatic rings.